The van der Waals surface area contributed by atoms with Crippen LogP contribution in [0, 0.1) is 0 Å². The summed E-state index contributed by atoms with van der Waals surface area (Å²) < 4.78 is 5.11. The average Bonchev–Trinajstić information content (AvgIpc) is 1.99. The largest absolute Gasteiger partial charge is 0.380 e. The van der Waals surface area contributed by atoms with Gasteiger partial charge in [-0.05, 0) is 26.1 Å². The molecule has 3 nitrogen and oxygen atoms in total. The lowest BCUT2D eigenvalue weighted by molar-refractivity contribution is 0.152. The van der Waals surface area contributed by atoms with Gasteiger partial charge in [-0.25, -0.2) is 0 Å². The van der Waals surface area contributed by atoms with Crippen molar-refractivity contribution in [1.29, 1.82) is 0 Å². The Balaban J connectivity index is 3.04. The number of nitrogens with one attached hydrogen (secondary N) is 2. The van der Waals surface area contributed by atoms with Crippen molar-refractivity contribution < 1.29 is 4.74 Å². The molecule has 0 heterocycles. The average molecular weight is 176 g/mol. The molecule has 0 atom stereocenters. The van der Waals surface area contributed by atoms with Gasteiger partial charge in [0, 0.05) is 19.7 Å². The van der Waals surface area contributed by atoms with Gasteiger partial charge in [0.05, 0.1) is 6.61 Å². The molecule has 0 saturated heterocycles. The highest BCUT2D eigenvalue weighted by molar-refractivity contribution is 7.80. The van der Waals surface area contributed by atoms with Crippen molar-refractivity contribution in [3.63, 3.8) is 0 Å². The van der Waals surface area contributed by atoms with E-state index in [0.29, 0.717) is 11.7 Å². The zero-order chi connectivity index (χ0) is 8.53. The lowest BCUT2D eigenvalue weighted by atomic mass is 10.6. The third kappa shape index (κ3) is 7.55. The molecule has 0 radical (unpaired) electrons. The lowest BCUT2D eigenvalue weighted by Crippen LogP contribution is -2.36. The summed E-state index contributed by atoms with van der Waals surface area (Å²) in [5.41, 5.74) is 0. The second-order valence-corrected chi connectivity index (χ2v) is 2.39. The van der Waals surface area contributed by atoms with Crippen molar-refractivity contribution in [2.45, 2.75) is 13.8 Å². The van der Waals surface area contributed by atoms with Gasteiger partial charge in [-0.2, -0.15) is 0 Å². The monoisotopic (exact) mass is 176 g/mol. The Hall–Kier alpha value is -0.350. The number of ether oxygens (including phenoxy) is 1. The van der Waals surface area contributed by atoms with E-state index in [1.165, 1.54) is 0 Å². The fourth-order valence-electron chi connectivity index (χ4n) is 0.604. The van der Waals surface area contributed by atoms with E-state index < -0.39 is 0 Å². The molecule has 4 heteroatoms. The molecule has 11 heavy (non-hydrogen) atoms. The Labute approximate surface area is 73.5 Å². The minimum Gasteiger partial charge on any atom is -0.380 e. The zero-order valence-electron chi connectivity index (χ0n) is 7.14. The van der Waals surface area contributed by atoms with E-state index in [2.05, 4.69) is 10.6 Å². The fraction of sp³-hybridized carbons (Fsp3) is 0.857. The quantitative estimate of drug-likeness (QED) is 0.472. The van der Waals surface area contributed by atoms with Crippen LogP contribution in [-0.2, 0) is 4.74 Å². The Morgan fingerprint density at radius 2 is 2.09 bits per heavy atom. The van der Waals surface area contributed by atoms with Gasteiger partial charge >= 0.3 is 0 Å². The predicted octanol–water partition coefficient (Wildman–Crippen LogP) is 0.507. The van der Waals surface area contributed by atoms with Gasteiger partial charge < -0.3 is 15.4 Å². The molecule has 0 aliphatic carbocycles. The topological polar surface area (TPSA) is 33.3 Å². The summed E-state index contributed by atoms with van der Waals surface area (Å²) in [4.78, 5) is 0. The summed E-state index contributed by atoms with van der Waals surface area (Å²) in [7, 11) is 0. The smallest absolute Gasteiger partial charge is 0.166 e. The van der Waals surface area contributed by atoms with Crippen LogP contribution in [0.3, 0.4) is 0 Å². The molecule has 0 aromatic heterocycles. The van der Waals surface area contributed by atoms with Gasteiger partial charge in [0.25, 0.3) is 0 Å². The minimum atomic E-state index is 0.701. The van der Waals surface area contributed by atoms with E-state index in [9.17, 15) is 0 Å². The third-order valence-corrected chi connectivity index (χ3v) is 1.36. The standard InChI is InChI=1S/C7H16N2OS/c1-3-8-7(11)9-5-6-10-4-2/h3-6H2,1-2H3,(H2,8,9,11). The molecular formula is C7H16N2OS. The normalized spacial score (nSPS) is 9.27. The molecule has 0 amide bonds. The summed E-state index contributed by atoms with van der Waals surface area (Å²) in [6, 6.07) is 0. The maximum absolute atomic E-state index is 5.11. The predicted molar refractivity (Wildman–Crippen MR) is 50.8 cm³/mol. The van der Waals surface area contributed by atoms with Crippen LogP contribution in [0.2, 0.25) is 0 Å². The Kier molecular flexibility index (Phi) is 7.51. The van der Waals surface area contributed by atoms with Gasteiger partial charge in [0.2, 0.25) is 0 Å². The number of hydrogen-bond donors (Lipinski definition) is 2. The molecule has 0 aliphatic rings. The molecule has 0 fully saturated rings. The van der Waals surface area contributed by atoms with E-state index in [0.717, 1.165) is 19.7 Å². The van der Waals surface area contributed by atoms with Crippen LogP contribution in [0.15, 0.2) is 0 Å². The van der Waals surface area contributed by atoms with E-state index in [4.69, 9.17) is 17.0 Å². The first kappa shape index (κ1) is 10.7. The minimum absolute atomic E-state index is 0.701. The highest BCUT2D eigenvalue weighted by Crippen LogP contribution is 1.71. The van der Waals surface area contributed by atoms with E-state index >= 15 is 0 Å². The van der Waals surface area contributed by atoms with Crippen molar-refractivity contribution in [1.82, 2.24) is 10.6 Å². The van der Waals surface area contributed by atoms with Crippen molar-refractivity contribution >= 4 is 17.3 Å². The summed E-state index contributed by atoms with van der Waals surface area (Å²) in [6.45, 7) is 7.09. The fourth-order valence-corrected chi connectivity index (χ4v) is 0.851. The maximum Gasteiger partial charge on any atom is 0.166 e. The van der Waals surface area contributed by atoms with Crippen LogP contribution in [0.5, 0.6) is 0 Å². The number of thiocarbonyl (C=S) groups is 1. The van der Waals surface area contributed by atoms with Gasteiger partial charge in [-0.15, -0.1) is 0 Å². The first-order valence-corrected chi connectivity index (χ1v) is 4.31. The molecule has 0 bridgehead atoms. The molecule has 0 rings (SSSR count). The summed E-state index contributed by atoms with van der Waals surface area (Å²) in [5, 5.41) is 6.70. The molecular weight excluding hydrogens is 160 g/mol. The second kappa shape index (κ2) is 7.75. The molecule has 0 aliphatic heterocycles. The van der Waals surface area contributed by atoms with E-state index in [1.54, 1.807) is 0 Å². The second-order valence-electron chi connectivity index (χ2n) is 1.98. The Morgan fingerprint density at radius 1 is 1.36 bits per heavy atom. The molecule has 0 aromatic rings. The molecule has 0 aromatic carbocycles. The SMILES string of the molecule is CCNC(=S)NCCOCC. The van der Waals surface area contributed by atoms with Gasteiger partial charge in [-0.1, -0.05) is 0 Å². The molecule has 0 saturated carbocycles. The maximum atomic E-state index is 5.11. The van der Waals surface area contributed by atoms with Gasteiger partial charge in [0.1, 0.15) is 0 Å². The van der Waals surface area contributed by atoms with Crippen LogP contribution in [0.25, 0.3) is 0 Å². The van der Waals surface area contributed by atoms with Crippen LogP contribution in [-0.4, -0.2) is 31.4 Å². The van der Waals surface area contributed by atoms with Crippen molar-refractivity contribution in [2.75, 3.05) is 26.3 Å². The Morgan fingerprint density at radius 3 is 2.64 bits per heavy atom. The number of rotatable bonds is 5. The highest BCUT2D eigenvalue weighted by atomic mass is 32.1. The molecule has 0 unspecified atom stereocenters. The summed E-state index contributed by atoms with van der Waals surface area (Å²) >= 11 is 4.92. The lowest BCUT2D eigenvalue weighted by Gasteiger charge is -2.07. The first-order chi connectivity index (χ1) is 5.31. The van der Waals surface area contributed by atoms with E-state index in [1.807, 2.05) is 13.8 Å². The molecule has 66 valence electrons. The first-order valence-electron chi connectivity index (χ1n) is 3.90. The van der Waals surface area contributed by atoms with Crippen LogP contribution in [0.1, 0.15) is 13.8 Å². The van der Waals surface area contributed by atoms with Crippen molar-refractivity contribution in [3.8, 4) is 0 Å². The van der Waals surface area contributed by atoms with Crippen LogP contribution in [0.4, 0.5) is 0 Å². The third-order valence-electron chi connectivity index (χ3n) is 1.07. The van der Waals surface area contributed by atoms with E-state index in [-0.39, 0.29) is 0 Å². The Bertz CT molecular complexity index is 109. The van der Waals surface area contributed by atoms with Crippen molar-refractivity contribution in [2.24, 2.45) is 0 Å². The summed E-state index contributed by atoms with van der Waals surface area (Å²) in [6.07, 6.45) is 0. The molecule has 0 spiro atoms. The van der Waals surface area contributed by atoms with Crippen molar-refractivity contribution in [3.05, 3.63) is 0 Å². The zero-order valence-corrected chi connectivity index (χ0v) is 7.96. The van der Waals surface area contributed by atoms with Gasteiger partial charge in [0.15, 0.2) is 5.11 Å². The number of hydrogen-bond acceptors (Lipinski definition) is 2. The summed E-state index contributed by atoms with van der Waals surface area (Å²) in [5.74, 6) is 0. The van der Waals surface area contributed by atoms with Crippen LogP contribution >= 0.6 is 12.2 Å². The van der Waals surface area contributed by atoms with Crippen LogP contribution < -0.4 is 10.6 Å². The molecule has 2 N–H and O–H groups in total. The highest BCUT2D eigenvalue weighted by Gasteiger charge is 1.90. The van der Waals surface area contributed by atoms with Gasteiger partial charge in [-0.3, -0.25) is 0 Å².